The summed E-state index contributed by atoms with van der Waals surface area (Å²) in [4.78, 5) is 25.4. The first kappa shape index (κ1) is 18.6. The molecule has 10 heteroatoms. The quantitative estimate of drug-likeness (QED) is 0.332. The number of esters is 2. The fourth-order valence-electron chi connectivity index (χ4n) is 2.18. The maximum atomic E-state index is 11.3. The van der Waals surface area contributed by atoms with E-state index in [1.54, 1.807) is 0 Å². The zero-order valence-corrected chi connectivity index (χ0v) is 13.4. The summed E-state index contributed by atoms with van der Waals surface area (Å²) in [6, 6.07) is -0.869. The van der Waals surface area contributed by atoms with Crippen molar-refractivity contribution >= 4 is 23.7 Å². The monoisotopic (exact) mass is 333 g/mol. The highest BCUT2D eigenvalue weighted by molar-refractivity contribution is 7.99. The number of carbonyl (C=O) groups is 2. The number of ether oxygens (including phenoxy) is 3. The predicted molar refractivity (Wildman–Crippen MR) is 77.9 cm³/mol. The summed E-state index contributed by atoms with van der Waals surface area (Å²) in [5.41, 5.74) is 8.13. The van der Waals surface area contributed by atoms with E-state index in [0.717, 1.165) is 0 Å². The van der Waals surface area contributed by atoms with Gasteiger partial charge in [0.25, 0.3) is 0 Å². The second-order valence-corrected chi connectivity index (χ2v) is 5.90. The van der Waals surface area contributed by atoms with E-state index in [9.17, 15) is 14.7 Å². The first-order valence-corrected chi connectivity index (χ1v) is 7.76. The van der Waals surface area contributed by atoms with E-state index in [2.05, 4.69) is 10.0 Å². The molecule has 9 nitrogen and oxygen atoms in total. The molecule has 1 saturated heterocycles. The van der Waals surface area contributed by atoms with Crippen LogP contribution in [0.5, 0.6) is 0 Å². The number of nitrogens with zero attached hydrogens (tertiary/aromatic N) is 3. The molecule has 0 amide bonds. The maximum absolute atomic E-state index is 11.3. The van der Waals surface area contributed by atoms with Crippen molar-refractivity contribution in [3.8, 4) is 0 Å². The van der Waals surface area contributed by atoms with Crippen LogP contribution in [0, 0.1) is 0 Å². The second-order valence-electron chi connectivity index (χ2n) is 4.52. The maximum Gasteiger partial charge on any atom is 0.303 e. The molecule has 0 unspecified atom stereocenters. The van der Waals surface area contributed by atoms with Crippen molar-refractivity contribution in [2.75, 3.05) is 12.4 Å². The lowest BCUT2D eigenvalue weighted by molar-refractivity contribution is -0.206. The van der Waals surface area contributed by atoms with E-state index in [1.165, 1.54) is 25.6 Å². The summed E-state index contributed by atoms with van der Waals surface area (Å²) in [5.74, 6) is -0.574. The Morgan fingerprint density at radius 3 is 2.36 bits per heavy atom. The van der Waals surface area contributed by atoms with Gasteiger partial charge in [0.15, 0.2) is 12.2 Å². The van der Waals surface area contributed by atoms with Crippen LogP contribution in [-0.4, -0.2) is 59.2 Å². The third kappa shape index (κ3) is 4.77. The molecule has 1 rings (SSSR count). The van der Waals surface area contributed by atoms with Crippen molar-refractivity contribution in [3.05, 3.63) is 10.4 Å². The molecule has 0 aromatic carbocycles. The molecule has 1 aliphatic rings. The molecule has 0 aromatic rings. The van der Waals surface area contributed by atoms with Crippen molar-refractivity contribution in [1.82, 2.24) is 0 Å². The Balaban J connectivity index is 3.17. The van der Waals surface area contributed by atoms with Crippen LogP contribution in [0.1, 0.15) is 20.8 Å². The van der Waals surface area contributed by atoms with Gasteiger partial charge in [-0.3, -0.25) is 9.59 Å². The molecule has 1 N–H and O–H groups in total. The highest BCUT2D eigenvalue weighted by atomic mass is 32.2. The number of thioether (sulfide) groups is 1. The smallest absolute Gasteiger partial charge is 0.303 e. The molecule has 1 heterocycles. The minimum Gasteiger partial charge on any atom is -0.458 e. The normalized spacial score (nSPS) is 31.0. The van der Waals surface area contributed by atoms with Crippen LogP contribution < -0.4 is 0 Å². The zero-order chi connectivity index (χ0) is 16.7. The van der Waals surface area contributed by atoms with E-state index in [-0.39, 0.29) is 0 Å². The molecule has 0 spiro atoms. The fraction of sp³-hybridized carbons (Fsp3) is 0.833. The van der Waals surface area contributed by atoms with Gasteiger partial charge in [-0.1, -0.05) is 12.0 Å². The van der Waals surface area contributed by atoms with E-state index < -0.39 is 48.3 Å². The average Bonchev–Trinajstić information content (AvgIpc) is 2.44. The molecule has 124 valence electrons. The van der Waals surface area contributed by atoms with Crippen LogP contribution >= 0.6 is 11.8 Å². The molecule has 1 aliphatic heterocycles. The highest BCUT2D eigenvalue weighted by Crippen LogP contribution is 2.33. The van der Waals surface area contributed by atoms with Gasteiger partial charge in [0.05, 0.1) is 6.61 Å². The van der Waals surface area contributed by atoms with E-state index in [0.29, 0.717) is 5.75 Å². The van der Waals surface area contributed by atoms with E-state index >= 15 is 0 Å². The van der Waals surface area contributed by atoms with Crippen LogP contribution in [-0.2, 0) is 23.8 Å². The number of aliphatic hydroxyl groups is 1. The summed E-state index contributed by atoms with van der Waals surface area (Å²) in [7, 11) is 0. The standard InChI is InChI=1S/C12H19N3O6S/c1-4-22-12-9(14-15-13)11(20-7(3)18)10(19-6(2)17)8(5-16)21-12/h8-12,16H,4-5H2,1-3H3/t8-,9+,10-,11-,12-/m1/s1. The predicted octanol–water partition coefficient (Wildman–Crippen LogP) is 0.999. The van der Waals surface area contributed by atoms with E-state index in [1.807, 2.05) is 6.92 Å². The topological polar surface area (TPSA) is 131 Å². The van der Waals surface area contributed by atoms with Crippen LogP contribution in [0.4, 0.5) is 0 Å². The lowest BCUT2D eigenvalue weighted by Crippen LogP contribution is -2.59. The number of aliphatic hydroxyl groups excluding tert-OH is 1. The van der Waals surface area contributed by atoms with Gasteiger partial charge >= 0.3 is 11.9 Å². The van der Waals surface area contributed by atoms with Crippen molar-refractivity contribution < 1.29 is 28.9 Å². The Hall–Kier alpha value is -1.48. The van der Waals surface area contributed by atoms with Crippen molar-refractivity contribution in [2.45, 2.75) is 50.6 Å². The molecular weight excluding hydrogens is 314 g/mol. The molecule has 0 bridgehead atoms. The van der Waals surface area contributed by atoms with Crippen LogP contribution in [0.3, 0.4) is 0 Å². The molecule has 0 saturated carbocycles. The van der Waals surface area contributed by atoms with Crippen molar-refractivity contribution in [1.29, 1.82) is 0 Å². The Morgan fingerprint density at radius 1 is 1.32 bits per heavy atom. The molecule has 22 heavy (non-hydrogen) atoms. The van der Waals surface area contributed by atoms with Gasteiger partial charge in [0, 0.05) is 18.8 Å². The number of hydrogen-bond acceptors (Lipinski definition) is 8. The molecule has 5 atom stereocenters. The van der Waals surface area contributed by atoms with Crippen LogP contribution in [0.2, 0.25) is 0 Å². The molecule has 1 fully saturated rings. The zero-order valence-electron chi connectivity index (χ0n) is 12.5. The Morgan fingerprint density at radius 2 is 1.91 bits per heavy atom. The summed E-state index contributed by atoms with van der Waals surface area (Å²) in [6.45, 7) is 3.84. The first-order valence-electron chi connectivity index (χ1n) is 6.71. The van der Waals surface area contributed by atoms with Gasteiger partial charge in [-0.2, -0.15) is 0 Å². The number of hydrogen-bond donors (Lipinski definition) is 1. The summed E-state index contributed by atoms with van der Waals surface area (Å²) < 4.78 is 16.0. The molecule has 0 radical (unpaired) electrons. The van der Waals surface area contributed by atoms with Gasteiger partial charge < -0.3 is 19.3 Å². The minimum absolute atomic E-state index is 0.431. The minimum atomic E-state index is -1.05. The SMILES string of the molecule is CCS[C@H]1O[C@H](CO)[C@@H](OC(C)=O)[C@H](OC(C)=O)[C@@H]1N=[N+]=[N-]. The van der Waals surface area contributed by atoms with Gasteiger partial charge in [-0.25, -0.2) is 0 Å². The summed E-state index contributed by atoms with van der Waals surface area (Å²) in [6.07, 6.45) is -2.94. The molecule has 0 aromatic heterocycles. The summed E-state index contributed by atoms with van der Waals surface area (Å²) in [5, 5.41) is 13.1. The number of azide groups is 1. The highest BCUT2D eigenvalue weighted by Gasteiger charge is 2.49. The third-order valence-electron chi connectivity index (χ3n) is 2.91. The van der Waals surface area contributed by atoms with Gasteiger partial charge in [0.1, 0.15) is 17.6 Å². The lowest BCUT2D eigenvalue weighted by atomic mass is 9.98. The van der Waals surface area contributed by atoms with Crippen LogP contribution in [0.25, 0.3) is 10.4 Å². The average molecular weight is 333 g/mol. The largest absolute Gasteiger partial charge is 0.458 e. The second kappa shape index (κ2) is 8.84. The summed E-state index contributed by atoms with van der Waals surface area (Å²) >= 11 is 1.34. The number of carbonyl (C=O) groups excluding carboxylic acids is 2. The Labute approximate surface area is 131 Å². The van der Waals surface area contributed by atoms with E-state index in [4.69, 9.17) is 19.7 Å². The molecular formula is C12H19N3O6S. The van der Waals surface area contributed by atoms with Gasteiger partial charge in [-0.05, 0) is 11.3 Å². The van der Waals surface area contributed by atoms with Crippen molar-refractivity contribution in [2.24, 2.45) is 5.11 Å². The number of rotatable bonds is 6. The van der Waals surface area contributed by atoms with Crippen molar-refractivity contribution in [3.63, 3.8) is 0 Å². The van der Waals surface area contributed by atoms with Gasteiger partial charge in [0.2, 0.25) is 0 Å². The molecule has 0 aliphatic carbocycles. The first-order chi connectivity index (χ1) is 10.4. The van der Waals surface area contributed by atoms with Gasteiger partial charge in [-0.15, -0.1) is 11.8 Å². The fourth-order valence-corrected chi connectivity index (χ4v) is 3.14. The Kier molecular flexibility index (Phi) is 7.46. The Bertz CT molecular complexity index is 456. The van der Waals surface area contributed by atoms with Crippen LogP contribution in [0.15, 0.2) is 5.11 Å². The lowest BCUT2D eigenvalue weighted by Gasteiger charge is -2.43. The third-order valence-corrected chi connectivity index (χ3v) is 3.97.